The standard InChI is InChI=1S/C16H23N3O5S2/c17-25(21,22)14-6-3-7-15(12-14)26(23,24)19-10-8-18(9-11-19)16(20)13-4-1-2-5-13/h3,6-7,12-13H,1-2,4-5,8-11H2,(H2,17,21,22). The normalized spacial score (nSPS) is 20.4. The molecular formula is C16H23N3O5S2. The van der Waals surface area contributed by atoms with Gasteiger partial charge in [0.05, 0.1) is 9.79 Å². The molecule has 144 valence electrons. The Kier molecular flexibility index (Phi) is 5.38. The summed E-state index contributed by atoms with van der Waals surface area (Å²) in [6.45, 7) is 1.09. The van der Waals surface area contributed by atoms with Crippen molar-refractivity contribution in [2.75, 3.05) is 26.2 Å². The van der Waals surface area contributed by atoms with Crippen molar-refractivity contribution in [1.82, 2.24) is 9.21 Å². The van der Waals surface area contributed by atoms with Crippen molar-refractivity contribution in [2.45, 2.75) is 35.5 Å². The number of nitrogens with two attached hydrogens (primary N) is 1. The van der Waals surface area contributed by atoms with E-state index in [2.05, 4.69) is 0 Å². The van der Waals surface area contributed by atoms with Crippen LogP contribution in [0.2, 0.25) is 0 Å². The number of primary sulfonamides is 1. The number of hydrogen-bond acceptors (Lipinski definition) is 5. The molecule has 1 amide bonds. The molecule has 26 heavy (non-hydrogen) atoms. The second-order valence-corrected chi connectivity index (χ2v) is 10.2. The Morgan fingerprint density at radius 2 is 1.54 bits per heavy atom. The molecular weight excluding hydrogens is 378 g/mol. The molecule has 1 aromatic rings. The summed E-state index contributed by atoms with van der Waals surface area (Å²) in [6, 6.07) is 5.03. The molecule has 2 N–H and O–H groups in total. The highest BCUT2D eigenvalue weighted by atomic mass is 32.2. The zero-order valence-electron chi connectivity index (χ0n) is 14.4. The molecule has 0 radical (unpaired) electrons. The van der Waals surface area contributed by atoms with Crippen LogP contribution in [0.1, 0.15) is 25.7 Å². The van der Waals surface area contributed by atoms with Crippen LogP contribution in [0.25, 0.3) is 0 Å². The molecule has 1 saturated carbocycles. The van der Waals surface area contributed by atoms with Gasteiger partial charge in [0.25, 0.3) is 0 Å². The maximum atomic E-state index is 12.8. The molecule has 3 rings (SSSR count). The van der Waals surface area contributed by atoms with Gasteiger partial charge in [-0.1, -0.05) is 18.9 Å². The van der Waals surface area contributed by atoms with Crippen molar-refractivity contribution in [3.05, 3.63) is 24.3 Å². The summed E-state index contributed by atoms with van der Waals surface area (Å²) in [5.74, 6) is 0.195. The number of carbonyl (C=O) groups is 1. The van der Waals surface area contributed by atoms with Crippen LogP contribution in [0.5, 0.6) is 0 Å². The van der Waals surface area contributed by atoms with Gasteiger partial charge >= 0.3 is 0 Å². The van der Waals surface area contributed by atoms with E-state index in [1.807, 2.05) is 0 Å². The van der Waals surface area contributed by atoms with Crippen LogP contribution in [0.4, 0.5) is 0 Å². The average Bonchev–Trinajstić information content (AvgIpc) is 3.15. The molecule has 8 nitrogen and oxygen atoms in total. The molecule has 2 aliphatic rings. The van der Waals surface area contributed by atoms with Gasteiger partial charge in [0.1, 0.15) is 0 Å². The number of sulfonamides is 2. The molecule has 1 saturated heterocycles. The number of carbonyl (C=O) groups excluding carboxylic acids is 1. The lowest BCUT2D eigenvalue weighted by Crippen LogP contribution is -2.51. The fourth-order valence-electron chi connectivity index (χ4n) is 3.54. The average molecular weight is 402 g/mol. The second-order valence-electron chi connectivity index (χ2n) is 6.73. The van der Waals surface area contributed by atoms with Gasteiger partial charge in [0, 0.05) is 32.1 Å². The molecule has 1 heterocycles. The molecule has 2 fully saturated rings. The quantitative estimate of drug-likeness (QED) is 0.781. The maximum absolute atomic E-state index is 12.8. The van der Waals surface area contributed by atoms with E-state index in [0.29, 0.717) is 13.1 Å². The first-order valence-electron chi connectivity index (χ1n) is 8.61. The van der Waals surface area contributed by atoms with Crippen molar-refractivity contribution in [1.29, 1.82) is 0 Å². The Morgan fingerprint density at radius 1 is 0.962 bits per heavy atom. The van der Waals surface area contributed by atoms with Gasteiger partial charge in [0.15, 0.2) is 0 Å². The lowest BCUT2D eigenvalue weighted by atomic mass is 10.1. The first-order chi connectivity index (χ1) is 12.2. The van der Waals surface area contributed by atoms with Crippen LogP contribution in [0, 0.1) is 5.92 Å². The van der Waals surface area contributed by atoms with E-state index in [4.69, 9.17) is 5.14 Å². The summed E-state index contributed by atoms with van der Waals surface area (Å²) in [4.78, 5) is 13.8. The molecule has 0 unspecified atom stereocenters. The number of hydrogen-bond donors (Lipinski definition) is 1. The fraction of sp³-hybridized carbons (Fsp3) is 0.562. The SMILES string of the molecule is NS(=O)(=O)c1cccc(S(=O)(=O)N2CCN(C(=O)C3CCCC3)CC2)c1. The molecule has 1 aliphatic carbocycles. The van der Waals surface area contributed by atoms with Crippen molar-refractivity contribution in [3.8, 4) is 0 Å². The molecule has 0 aromatic heterocycles. The van der Waals surface area contributed by atoms with Gasteiger partial charge in [-0.15, -0.1) is 0 Å². The minimum absolute atomic E-state index is 0.0737. The molecule has 1 aliphatic heterocycles. The molecule has 1 aromatic carbocycles. The van der Waals surface area contributed by atoms with Crippen LogP contribution in [-0.2, 0) is 24.8 Å². The molecule has 0 bridgehead atoms. The minimum atomic E-state index is -3.98. The Morgan fingerprint density at radius 3 is 2.12 bits per heavy atom. The van der Waals surface area contributed by atoms with Gasteiger partial charge in [-0.05, 0) is 31.0 Å². The van der Waals surface area contributed by atoms with Crippen molar-refractivity contribution < 1.29 is 21.6 Å². The monoisotopic (exact) mass is 401 g/mol. The lowest BCUT2D eigenvalue weighted by Gasteiger charge is -2.35. The largest absolute Gasteiger partial charge is 0.340 e. The van der Waals surface area contributed by atoms with E-state index in [1.165, 1.54) is 22.5 Å². The zero-order chi connectivity index (χ0) is 18.9. The summed E-state index contributed by atoms with van der Waals surface area (Å²) in [6.07, 6.45) is 3.98. The van der Waals surface area contributed by atoms with E-state index >= 15 is 0 Å². The van der Waals surface area contributed by atoms with Crippen LogP contribution in [0.15, 0.2) is 34.1 Å². The first kappa shape index (κ1) is 19.3. The molecule has 0 atom stereocenters. The zero-order valence-corrected chi connectivity index (χ0v) is 16.0. The number of piperazine rings is 1. The van der Waals surface area contributed by atoms with Gasteiger partial charge in [-0.3, -0.25) is 4.79 Å². The van der Waals surface area contributed by atoms with E-state index < -0.39 is 20.0 Å². The van der Waals surface area contributed by atoms with Crippen LogP contribution in [0.3, 0.4) is 0 Å². The van der Waals surface area contributed by atoms with Gasteiger partial charge in [-0.25, -0.2) is 22.0 Å². The fourth-order valence-corrected chi connectivity index (χ4v) is 5.64. The van der Waals surface area contributed by atoms with Crippen molar-refractivity contribution >= 4 is 26.0 Å². The third-order valence-corrected chi connectivity index (χ3v) is 7.83. The van der Waals surface area contributed by atoms with Crippen LogP contribution < -0.4 is 5.14 Å². The predicted octanol–water partition coefficient (Wildman–Crippen LogP) is 0.357. The molecule has 10 heteroatoms. The highest BCUT2D eigenvalue weighted by Crippen LogP contribution is 2.27. The van der Waals surface area contributed by atoms with E-state index in [-0.39, 0.29) is 34.7 Å². The van der Waals surface area contributed by atoms with E-state index in [9.17, 15) is 21.6 Å². The smallest absolute Gasteiger partial charge is 0.243 e. The number of nitrogens with zero attached hydrogens (tertiary/aromatic N) is 2. The summed E-state index contributed by atoms with van der Waals surface area (Å²) in [5.41, 5.74) is 0. The van der Waals surface area contributed by atoms with Gasteiger partial charge in [0.2, 0.25) is 26.0 Å². The summed E-state index contributed by atoms with van der Waals surface area (Å²) in [5, 5.41) is 5.08. The lowest BCUT2D eigenvalue weighted by molar-refractivity contribution is -0.136. The van der Waals surface area contributed by atoms with Crippen LogP contribution >= 0.6 is 0 Å². The second kappa shape index (κ2) is 7.26. The van der Waals surface area contributed by atoms with Crippen molar-refractivity contribution in [3.63, 3.8) is 0 Å². The maximum Gasteiger partial charge on any atom is 0.243 e. The van der Waals surface area contributed by atoms with Crippen LogP contribution in [-0.4, -0.2) is 58.1 Å². The van der Waals surface area contributed by atoms with E-state index in [1.54, 1.807) is 4.90 Å². The highest BCUT2D eigenvalue weighted by Gasteiger charge is 2.33. The summed E-state index contributed by atoms with van der Waals surface area (Å²) >= 11 is 0. The summed E-state index contributed by atoms with van der Waals surface area (Å²) < 4.78 is 49.8. The number of amides is 1. The van der Waals surface area contributed by atoms with E-state index in [0.717, 1.165) is 31.7 Å². The third-order valence-electron chi connectivity index (χ3n) is 5.03. The Bertz CT molecular complexity index is 884. The minimum Gasteiger partial charge on any atom is -0.340 e. The van der Waals surface area contributed by atoms with Gasteiger partial charge in [-0.2, -0.15) is 4.31 Å². The Hall–Kier alpha value is -1.49. The highest BCUT2D eigenvalue weighted by molar-refractivity contribution is 7.90. The van der Waals surface area contributed by atoms with Gasteiger partial charge < -0.3 is 4.90 Å². The predicted molar refractivity (Wildman–Crippen MR) is 95.1 cm³/mol. The van der Waals surface area contributed by atoms with Crippen molar-refractivity contribution in [2.24, 2.45) is 11.1 Å². The summed E-state index contributed by atoms with van der Waals surface area (Å²) in [7, 11) is -7.82. The number of benzene rings is 1. The first-order valence-corrected chi connectivity index (χ1v) is 11.6. The topological polar surface area (TPSA) is 118 Å². The molecule has 0 spiro atoms. The Labute approximate surface area is 154 Å². The Balaban J connectivity index is 1.71. The third kappa shape index (κ3) is 3.93. The number of rotatable bonds is 4.